The molecule has 2 heteroatoms. The molecule has 0 aromatic carbocycles. The van der Waals surface area contributed by atoms with Crippen molar-refractivity contribution in [3.05, 3.63) is 12.2 Å². The van der Waals surface area contributed by atoms with Gasteiger partial charge in [0.2, 0.25) is 0 Å². The Hall–Kier alpha value is -0.790. The van der Waals surface area contributed by atoms with Gasteiger partial charge in [-0.2, -0.15) is 0 Å². The number of hydrogen-bond donors (Lipinski definition) is 1. The van der Waals surface area contributed by atoms with Crippen LogP contribution in [-0.4, -0.2) is 11.1 Å². The first-order chi connectivity index (χ1) is 4.92. The Labute approximate surface area is 67.9 Å². The van der Waals surface area contributed by atoms with Crippen molar-refractivity contribution in [2.24, 2.45) is 5.41 Å². The number of aliphatic carboxylic acids is 1. The number of rotatable bonds is 3. The summed E-state index contributed by atoms with van der Waals surface area (Å²) in [5.74, 6) is -0.768. The van der Waals surface area contributed by atoms with E-state index in [1.807, 2.05) is 6.08 Å². The van der Waals surface area contributed by atoms with Crippen LogP contribution in [0.15, 0.2) is 12.2 Å². The van der Waals surface area contributed by atoms with Crippen LogP contribution in [0.2, 0.25) is 0 Å². The Kier molecular flexibility index (Phi) is 3.86. The van der Waals surface area contributed by atoms with Crippen LogP contribution in [0.25, 0.3) is 0 Å². The molecule has 0 rings (SSSR count). The van der Waals surface area contributed by atoms with Crippen molar-refractivity contribution >= 4 is 5.97 Å². The molecule has 0 amide bonds. The lowest BCUT2D eigenvalue weighted by molar-refractivity contribution is -0.136. The summed E-state index contributed by atoms with van der Waals surface area (Å²) >= 11 is 0. The monoisotopic (exact) mass is 156 g/mol. The Morgan fingerprint density at radius 2 is 1.91 bits per heavy atom. The molecular weight excluding hydrogens is 140 g/mol. The van der Waals surface area contributed by atoms with Gasteiger partial charge in [0, 0.05) is 0 Å². The summed E-state index contributed by atoms with van der Waals surface area (Å²) < 4.78 is 0. The molecule has 0 aliphatic heterocycles. The highest BCUT2D eigenvalue weighted by Crippen LogP contribution is 2.18. The Morgan fingerprint density at radius 3 is 2.27 bits per heavy atom. The van der Waals surface area contributed by atoms with E-state index in [1.165, 1.54) is 0 Å². The third kappa shape index (κ3) is 9.21. The van der Waals surface area contributed by atoms with E-state index in [2.05, 4.69) is 20.8 Å². The van der Waals surface area contributed by atoms with E-state index < -0.39 is 5.97 Å². The molecule has 0 radical (unpaired) electrons. The molecule has 0 saturated carbocycles. The van der Waals surface area contributed by atoms with Gasteiger partial charge >= 0.3 is 5.97 Å². The Balaban J connectivity index is 3.53. The van der Waals surface area contributed by atoms with Crippen molar-refractivity contribution < 1.29 is 9.90 Å². The summed E-state index contributed by atoms with van der Waals surface area (Å²) in [5.41, 5.74) is 0.259. The van der Waals surface area contributed by atoms with Crippen molar-refractivity contribution in [3.63, 3.8) is 0 Å². The molecular formula is C9H16O2. The highest BCUT2D eigenvalue weighted by atomic mass is 16.4. The predicted octanol–water partition coefficient (Wildman–Crippen LogP) is 2.45. The first-order valence-electron chi connectivity index (χ1n) is 3.78. The lowest BCUT2D eigenvalue weighted by Gasteiger charge is -2.14. The molecule has 0 aliphatic carbocycles. The SMILES string of the molecule is CC(C)(C)C/C=C/CC(=O)O. The quantitative estimate of drug-likeness (QED) is 0.637. The minimum Gasteiger partial charge on any atom is -0.481 e. The maximum Gasteiger partial charge on any atom is 0.307 e. The van der Waals surface area contributed by atoms with Gasteiger partial charge in [0.15, 0.2) is 0 Å². The van der Waals surface area contributed by atoms with E-state index in [-0.39, 0.29) is 11.8 Å². The van der Waals surface area contributed by atoms with Crippen molar-refractivity contribution in [3.8, 4) is 0 Å². The maximum atomic E-state index is 10.1. The highest BCUT2D eigenvalue weighted by molar-refractivity contribution is 5.68. The Morgan fingerprint density at radius 1 is 1.36 bits per heavy atom. The van der Waals surface area contributed by atoms with Gasteiger partial charge in [0.05, 0.1) is 6.42 Å². The summed E-state index contributed by atoms with van der Waals surface area (Å²) in [5, 5.41) is 8.29. The van der Waals surface area contributed by atoms with Crippen LogP contribution in [0.5, 0.6) is 0 Å². The van der Waals surface area contributed by atoms with Gasteiger partial charge in [0.1, 0.15) is 0 Å². The molecule has 0 saturated heterocycles. The van der Waals surface area contributed by atoms with Gasteiger partial charge in [-0.1, -0.05) is 32.9 Å². The van der Waals surface area contributed by atoms with Gasteiger partial charge in [-0.3, -0.25) is 4.79 Å². The second kappa shape index (κ2) is 4.16. The molecule has 2 nitrogen and oxygen atoms in total. The van der Waals surface area contributed by atoms with E-state index in [9.17, 15) is 4.79 Å². The molecule has 0 atom stereocenters. The van der Waals surface area contributed by atoms with E-state index in [4.69, 9.17) is 5.11 Å². The molecule has 11 heavy (non-hydrogen) atoms. The van der Waals surface area contributed by atoms with Crippen LogP contribution < -0.4 is 0 Å². The van der Waals surface area contributed by atoms with E-state index >= 15 is 0 Å². The second-order valence-electron chi connectivity index (χ2n) is 3.83. The number of hydrogen-bond acceptors (Lipinski definition) is 1. The van der Waals surface area contributed by atoms with E-state index in [0.29, 0.717) is 0 Å². The fourth-order valence-electron chi connectivity index (χ4n) is 0.621. The van der Waals surface area contributed by atoms with E-state index in [0.717, 1.165) is 6.42 Å². The zero-order valence-electron chi connectivity index (χ0n) is 7.42. The molecule has 0 aliphatic rings. The summed E-state index contributed by atoms with van der Waals surface area (Å²) in [6, 6.07) is 0. The third-order valence-electron chi connectivity index (χ3n) is 1.19. The number of carboxylic acids is 1. The Bertz CT molecular complexity index is 151. The second-order valence-corrected chi connectivity index (χ2v) is 3.83. The molecule has 0 aromatic heterocycles. The smallest absolute Gasteiger partial charge is 0.307 e. The van der Waals surface area contributed by atoms with Crippen LogP contribution >= 0.6 is 0 Å². The normalized spacial score (nSPS) is 12.3. The van der Waals surface area contributed by atoms with E-state index in [1.54, 1.807) is 6.08 Å². The largest absolute Gasteiger partial charge is 0.481 e. The fourth-order valence-corrected chi connectivity index (χ4v) is 0.621. The standard InChI is InChI=1S/C9H16O2/c1-9(2,3)7-5-4-6-8(10)11/h4-5H,6-7H2,1-3H3,(H,10,11)/b5-4+. The average Bonchev–Trinajstić information content (AvgIpc) is 1.78. The van der Waals surface area contributed by atoms with Gasteiger partial charge in [0.25, 0.3) is 0 Å². The van der Waals surface area contributed by atoms with Crippen molar-refractivity contribution in [2.75, 3.05) is 0 Å². The minimum absolute atomic E-state index is 0.135. The molecule has 0 heterocycles. The molecule has 0 bridgehead atoms. The van der Waals surface area contributed by atoms with Crippen LogP contribution in [0.1, 0.15) is 33.6 Å². The summed E-state index contributed by atoms with van der Waals surface area (Å²) in [7, 11) is 0. The van der Waals surface area contributed by atoms with Crippen LogP contribution in [-0.2, 0) is 4.79 Å². The predicted molar refractivity (Wildman–Crippen MR) is 45.5 cm³/mol. The molecule has 0 spiro atoms. The average molecular weight is 156 g/mol. The minimum atomic E-state index is -0.768. The number of carboxylic acid groups (broad SMARTS) is 1. The summed E-state index contributed by atoms with van der Waals surface area (Å²) in [6.07, 6.45) is 4.69. The molecule has 0 aromatic rings. The van der Waals surface area contributed by atoms with Gasteiger partial charge in [-0.25, -0.2) is 0 Å². The third-order valence-corrected chi connectivity index (χ3v) is 1.19. The van der Waals surface area contributed by atoms with Crippen molar-refractivity contribution in [1.82, 2.24) is 0 Å². The highest BCUT2D eigenvalue weighted by Gasteiger charge is 2.06. The topological polar surface area (TPSA) is 37.3 Å². The summed E-state index contributed by atoms with van der Waals surface area (Å²) in [4.78, 5) is 10.1. The maximum absolute atomic E-state index is 10.1. The van der Waals surface area contributed by atoms with Crippen molar-refractivity contribution in [2.45, 2.75) is 33.6 Å². The number of allylic oxidation sites excluding steroid dienone is 1. The lowest BCUT2D eigenvalue weighted by atomic mass is 9.92. The molecule has 64 valence electrons. The molecule has 1 N–H and O–H groups in total. The molecule has 0 fully saturated rings. The van der Waals surface area contributed by atoms with Crippen molar-refractivity contribution in [1.29, 1.82) is 0 Å². The van der Waals surface area contributed by atoms with Gasteiger partial charge < -0.3 is 5.11 Å². The van der Waals surface area contributed by atoms with Gasteiger partial charge in [-0.05, 0) is 11.8 Å². The van der Waals surface area contributed by atoms with Gasteiger partial charge in [-0.15, -0.1) is 0 Å². The van der Waals surface area contributed by atoms with Crippen LogP contribution in [0, 0.1) is 5.41 Å². The summed E-state index contributed by atoms with van der Waals surface area (Å²) in [6.45, 7) is 6.37. The fraction of sp³-hybridized carbons (Fsp3) is 0.667. The first-order valence-corrected chi connectivity index (χ1v) is 3.78. The number of carbonyl (C=O) groups is 1. The zero-order chi connectivity index (χ0) is 8.91. The van der Waals surface area contributed by atoms with Crippen LogP contribution in [0.4, 0.5) is 0 Å². The zero-order valence-corrected chi connectivity index (χ0v) is 7.42. The lowest BCUT2D eigenvalue weighted by Crippen LogP contribution is -2.02. The first kappa shape index (κ1) is 10.2. The van der Waals surface area contributed by atoms with Crippen LogP contribution in [0.3, 0.4) is 0 Å². The molecule has 0 unspecified atom stereocenters.